The zero-order valence-electron chi connectivity index (χ0n) is 12.1. The first-order chi connectivity index (χ1) is 10.0. The fraction of sp³-hybridized carbons (Fsp3) is 0.278. The van der Waals surface area contributed by atoms with Crippen molar-refractivity contribution < 1.29 is 4.79 Å². The van der Waals surface area contributed by atoms with Crippen LogP contribution in [-0.2, 0) is 0 Å². The molecule has 2 aromatic carbocycles. The molecule has 0 aliphatic heterocycles. The monoisotopic (exact) mass is 408 g/mol. The van der Waals surface area contributed by atoms with Crippen LogP contribution in [0.5, 0.6) is 0 Å². The molecule has 0 N–H and O–H groups in total. The van der Waals surface area contributed by atoms with E-state index in [4.69, 9.17) is 0 Å². The Morgan fingerprint density at radius 2 is 1.43 bits per heavy atom. The van der Waals surface area contributed by atoms with Gasteiger partial charge in [0.25, 0.3) is 0 Å². The summed E-state index contributed by atoms with van der Waals surface area (Å²) in [6.07, 6.45) is 0. The van der Waals surface area contributed by atoms with Gasteiger partial charge in [-0.1, -0.05) is 100 Å². The second kappa shape index (κ2) is 7.37. The maximum atomic E-state index is 12.6. The van der Waals surface area contributed by atoms with Gasteiger partial charge in [-0.25, -0.2) is 0 Å². The molecule has 21 heavy (non-hydrogen) atoms. The molecular formula is C18H18Br2O. The predicted molar refractivity (Wildman–Crippen MR) is 95.7 cm³/mol. The molecule has 2 unspecified atom stereocenters. The topological polar surface area (TPSA) is 17.1 Å². The molecule has 2 atom stereocenters. The van der Waals surface area contributed by atoms with E-state index in [1.807, 2.05) is 54.6 Å². The van der Waals surface area contributed by atoms with E-state index in [0.29, 0.717) is 5.92 Å². The van der Waals surface area contributed by atoms with Gasteiger partial charge in [0.2, 0.25) is 0 Å². The van der Waals surface area contributed by atoms with Crippen molar-refractivity contribution in [2.24, 2.45) is 0 Å². The summed E-state index contributed by atoms with van der Waals surface area (Å²) < 4.78 is 0. The van der Waals surface area contributed by atoms with Crippen LogP contribution in [0.25, 0.3) is 0 Å². The SMILES string of the molecule is CC(C)c1ccc(C(=O)C(Br)C(Br)c2ccccc2)cc1. The molecular weight excluding hydrogens is 392 g/mol. The number of alkyl halides is 2. The number of rotatable bonds is 5. The average Bonchev–Trinajstić information content (AvgIpc) is 2.53. The summed E-state index contributed by atoms with van der Waals surface area (Å²) >= 11 is 7.15. The molecule has 0 spiro atoms. The Labute approximate surface area is 143 Å². The lowest BCUT2D eigenvalue weighted by Gasteiger charge is -2.16. The van der Waals surface area contributed by atoms with E-state index in [9.17, 15) is 4.79 Å². The summed E-state index contributed by atoms with van der Waals surface area (Å²) in [5, 5.41) is 0. The van der Waals surface area contributed by atoms with Crippen molar-refractivity contribution in [1.29, 1.82) is 0 Å². The van der Waals surface area contributed by atoms with E-state index in [1.165, 1.54) is 5.56 Å². The number of carbonyl (C=O) groups excluding carboxylic acids is 1. The molecule has 0 radical (unpaired) electrons. The Balaban J connectivity index is 2.15. The third kappa shape index (κ3) is 4.04. The summed E-state index contributed by atoms with van der Waals surface area (Å²) in [5.41, 5.74) is 3.07. The minimum Gasteiger partial charge on any atom is -0.293 e. The number of halogens is 2. The minimum atomic E-state index is -0.287. The van der Waals surface area contributed by atoms with Crippen LogP contribution < -0.4 is 0 Å². The van der Waals surface area contributed by atoms with Crippen molar-refractivity contribution in [3.63, 3.8) is 0 Å². The summed E-state index contributed by atoms with van der Waals surface area (Å²) in [5.74, 6) is 0.568. The molecule has 0 heterocycles. The second-order valence-corrected chi connectivity index (χ2v) is 7.33. The fourth-order valence-electron chi connectivity index (χ4n) is 2.13. The molecule has 0 amide bonds. The van der Waals surface area contributed by atoms with E-state index in [1.54, 1.807) is 0 Å². The van der Waals surface area contributed by atoms with Crippen molar-refractivity contribution >= 4 is 37.6 Å². The quantitative estimate of drug-likeness (QED) is 0.444. The number of ketones is 1. The maximum absolute atomic E-state index is 12.6. The van der Waals surface area contributed by atoms with Gasteiger partial charge in [0.1, 0.15) is 0 Å². The lowest BCUT2D eigenvalue weighted by molar-refractivity contribution is 0.0991. The first-order valence-corrected chi connectivity index (χ1v) is 8.81. The van der Waals surface area contributed by atoms with Gasteiger partial charge in [0.15, 0.2) is 5.78 Å². The number of Topliss-reactive ketones (excluding diaryl/α,β-unsaturated/α-hetero) is 1. The van der Waals surface area contributed by atoms with Crippen LogP contribution >= 0.6 is 31.9 Å². The lowest BCUT2D eigenvalue weighted by Crippen LogP contribution is -2.19. The Bertz CT molecular complexity index is 590. The average molecular weight is 410 g/mol. The van der Waals surface area contributed by atoms with Gasteiger partial charge in [0.05, 0.1) is 9.65 Å². The van der Waals surface area contributed by atoms with Gasteiger partial charge in [0, 0.05) is 5.56 Å². The van der Waals surface area contributed by atoms with Crippen molar-refractivity contribution in [3.05, 3.63) is 71.3 Å². The van der Waals surface area contributed by atoms with Crippen molar-refractivity contribution in [2.45, 2.75) is 29.4 Å². The minimum absolute atomic E-state index is 0.0454. The Morgan fingerprint density at radius 1 is 0.857 bits per heavy atom. The molecule has 0 saturated heterocycles. The molecule has 110 valence electrons. The normalized spacial score (nSPS) is 14.0. The van der Waals surface area contributed by atoms with Crippen LogP contribution in [-0.4, -0.2) is 10.6 Å². The molecule has 0 bridgehead atoms. The van der Waals surface area contributed by atoms with E-state index in [0.717, 1.165) is 11.1 Å². The van der Waals surface area contributed by atoms with Gasteiger partial charge in [-0.05, 0) is 17.0 Å². The first-order valence-electron chi connectivity index (χ1n) is 6.98. The van der Waals surface area contributed by atoms with Crippen molar-refractivity contribution in [1.82, 2.24) is 0 Å². The largest absolute Gasteiger partial charge is 0.293 e. The molecule has 0 aliphatic rings. The molecule has 0 aromatic heterocycles. The highest BCUT2D eigenvalue weighted by Gasteiger charge is 2.25. The van der Waals surface area contributed by atoms with Crippen LogP contribution in [0.1, 0.15) is 46.1 Å². The van der Waals surface area contributed by atoms with E-state index >= 15 is 0 Å². The molecule has 0 saturated carbocycles. The van der Waals surface area contributed by atoms with Gasteiger partial charge in [-0.3, -0.25) is 4.79 Å². The smallest absolute Gasteiger partial charge is 0.177 e. The van der Waals surface area contributed by atoms with Crippen LogP contribution in [0.4, 0.5) is 0 Å². The number of hydrogen-bond acceptors (Lipinski definition) is 1. The van der Waals surface area contributed by atoms with E-state index < -0.39 is 0 Å². The summed E-state index contributed by atoms with van der Waals surface area (Å²) in [4.78, 5) is 12.2. The molecule has 3 heteroatoms. The van der Waals surface area contributed by atoms with Gasteiger partial charge in [-0.15, -0.1) is 0 Å². The summed E-state index contributed by atoms with van der Waals surface area (Å²) in [7, 11) is 0. The van der Waals surface area contributed by atoms with Gasteiger partial charge < -0.3 is 0 Å². The predicted octanol–water partition coefficient (Wildman–Crippen LogP) is 5.89. The second-order valence-electron chi connectivity index (χ2n) is 5.36. The Hall–Kier alpha value is -0.930. The molecule has 0 aliphatic carbocycles. The summed E-state index contributed by atoms with van der Waals surface area (Å²) in [6, 6.07) is 17.8. The molecule has 0 fully saturated rings. The highest BCUT2D eigenvalue weighted by Crippen LogP contribution is 2.33. The highest BCUT2D eigenvalue weighted by molar-refractivity contribution is 9.12. The van der Waals surface area contributed by atoms with Crippen LogP contribution in [0.15, 0.2) is 54.6 Å². The molecule has 2 rings (SSSR count). The zero-order valence-corrected chi connectivity index (χ0v) is 15.3. The van der Waals surface area contributed by atoms with Gasteiger partial charge >= 0.3 is 0 Å². The highest BCUT2D eigenvalue weighted by atomic mass is 79.9. The molecule has 1 nitrogen and oxygen atoms in total. The van der Waals surface area contributed by atoms with Crippen molar-refractivity contribution in [3.8, 4) is 0 Å². The summed E-state index contributed by atoms with van der Waals surface area (Å²) in [6.45, 7) is 4.29. The van der Waals surface area contributed by atoms with E-state index in [-0.39, 0.29) is 15.4 Å². The third-order valence-corrected chi connectivity index (χ3v) is 6.20. The van der Waals surface area contributed by atoms with Crippen LogP contribution in [0, 0.1) is 0 Å². The zero-order chi connectivity index (χ0) is 15.4. The third-order valence-electron chi connectivity index (χ3n) is 3.49. The van der Waals surface area contributed by atoms with E-state index in [2.05, 4.69) is 45.7 Å². The molecule has 2 aromatic rings. The Kier molecular flexibility index (Phi) is 5.77. The number of carbonyl (C=O) groups is 1. The first kappa shape index (κ1) is 16.4. The van der Waals surface area contributed by atoms with Gasteiger partial charge in [-0.2, -0.15) is 0 Å². The van der Waals surface area contributed by atoms with Crippen molar-refractivity contribution in [2.75, 3.05) is 0 Å². The Morgan fingerprint density at radius 3 is 1.95 bits per heavy atom. The lowest BCUT2D eigenvalue weighted by atomic mass is 9.98. The standard InChI is InChI=1S/C18H18Br2O/c1-12(2)13-8-10-15(11-9-13)18(21)17(20)16(19)14-6-4-3-5-7-14/h3-12,16-17H,1-2H3. The number of benzene rings is 2. The number of hydrogen-bond donors (Lipinski definition) is 0. The fourth-order valence-corrected chi connectivity index (χ4v) is 3.25. The maximum Gasteiger partial charge on any atom is 0.177 e. The van der Waals surface area contributed by atoms with Crippen LogP contribution in [0.3, 0.4) is 0 Å². The van der Waals surface area contributed by atoms with Crippen LogP contribution in [0.2, 0.25) is 0 Å².